The highest BCUT2D eigenvalue weighted by molar-refractivity contribution is 5.68. The van der Waals surface area contributed by atoms with Gasteiger partial charge in [-0.05, 0) is 25.0 Å². The van der Waals surface area contributed by atoms with Gasteiger partial charge in [0.1, 0.15) is 17.3 Å². The molecule has 1 aromatic carbocycles. The summed E-state index contributed by atoms with van der Waals surface area (Å²) < 4.78 is 0. The number of anilines is 1. The van der Waals surface area contributed by atoms with Crippen LogP contribution in [0.2, 0.25) is 0 Å². The van der Waals surface area contributed by atoms with E-state index in [1.165, 1.54) is 6.07 Å². The maximum absolute atomic E-state index is 11.2. The van der Waals surface area contributed by atoms with Crippen LogP contribution < -0.4 is 5.32 Å². The number of rotatable bonds is 4. The van der Waals surface area contributed by atoms with Gasteiger partial charge in [0.25, 0.3) is 0 Å². The summed E-state index contributed by atoms with van der Waals surface area (Å²) >= 11 is 0. The van der Waals surface area contributed by atoms with Crippen molar-refractivity contribution >= 4 is 11.4 Å². The van der Waals surface area contributed by atoms with Crippen molar-refractivity contribution < 1.29 is 4.92 Å². The first-order valence-corrected chi connectivity index (χ1v) is 6.69. The fraction of sp³-hybridized carbons (Fsp3) is 0.429. The number of benzene rings is 1. The molecule has 2 rings (SSSR count). The van der Waals surface area contributed by atoms with Gasteiger partial charge in [0.05, 0.1) is 17.5 Å². The van der Waals surface area contributed by atoms with Crippen molar-refractivity contribution in [2.75, 3.05) is 25.0 Å². The third-order valence-corrected chi connectivity index (χ3v) is 3.58. The molecule has 7 heteroatoms. The molecule has 0 radical (unpaired) electrons. The fourth-order valence-electron chi connectivity index (χ4n) is 2.50. The Morgan fingerprint density at radius 2 is 2.10 bits per heavy atom. The smallest absolute Gasteiger partial charge is 0.309 e. The third kappa shape index (κ3) is 3.47. The largest absolute Gasteiger partial charge is 0.377 e. The first-order valence-electron chi connectivity index (χ1n) is 6.69. The van der Waals surface area contributed by atoms with Crippen LogP contribution in [0.4, 0.5) is 11.4 Å². The molecule has 1 saturated heterocycles. The maximum Gasteiger partial charge on any atom is 0.309 e. The number of para-hydroxylation sites is 1. The van der Waals surface area contributed by atoms with Gasteiger partial charge in [-0.3, -0.25) is 15.0 Å². The van der Waals surface area contributed by atoms with Gasteiger partial charge in [-0.2, -0.15) is 10.5 Å². The van der Waals surface area contributed by atoms with Gasteiger partial charge in [-0.15, -0.1) is 0 Å². The molecule has 0 unspecified atom stereocenters. The first kappa shape index (κ1) is 14.8. The highest BCUT2D eigenvalue weighted by atomic mass is 16.6. The predicted octanol–water partition coefficient (Wildman–Crippen LogP) is 1.87. The minimum Gasteiger partial charge on any atom is -0.377 e. The monoisotopic (exact) mass is 285 g/mol. The molecule has 1 aliphatic rings. The summed E-state index contributed by atoms with van der Waals surface area (Å²) in [6.07, 6.45) is 1.63. The van der Waals surface area contributed by atoms with E-state index >= 15 is 0 Å². The predicted molar refractivity (Wildman–Crippen MR) is 76.5 cm³/mol. The molecular weight excluding hydrogens is 270 g/mol. The lowest BCUT2D eigenvalue weighted by molar-refractivity contribution is -0.384. The van der Waals surface area contributed by atoms with E-state index in [1.807, 2.05) is 6.07 Å². The van der Waals surface area contributed by atoms with Crippen LogP contribution in [-0.4, -0.2) is 35.5 Å². The molecule has 0 spiro atoms. The van der Waals surface area contributed by atoms with Gasteiger partial charge in [0.15, 0.2) is 0 Å². The van der Waals surface area contributed by atoms with Gasteiger partial charge < -0.3 is 5.32 Å². The zero-order valence-electron chi connectivity index (χ0n) is 11.5. The Bertz CT molecular complexity index is 609. The Morgan fingerprint density at radius 3 is 2.67 bits per heavy atom. The summed E-state index contributed by atoms with van der Waals surface area (Å²) in [5, 5.41) is 32.0. The van der Waals surface area contributed by atoms with Gasteiger partial charge in [0.2, 0.25) is 0 Å². The topological polar surface area (TPSA) is 106 Å². The van der Waals surface area contributed by atoms with E-state index in [0.717, 1.165) is 25.9 Å². The van der Waals surface area contributed by atoms with Gasteiger partial charge in [-0.25, -0.2) is 0 Å². The van der Waals surface area contributed by atoms with E-state index in [0.29, 0.717) is 12.2 Å². The van der Waals surface area contributed by atoms with Crippen LogP contribution in [0.3, 0.4) is 0 Å². The SMILES string of the molecule is N#CCN1CCC(Nc2cccc(C#N)c2[N+](=O)[O-])CC1. The molecular formula is C14H15N5O2. The van der Waals surface area contributed by atoms with Crippen molar-refractivity contribution in [3.8, 4) is 12.1 Å². The zero-order chi connectivity index (χ0) is 15.2. The van der Waals surface area contributed by atoms with Crippen molar-refractivity contribution in [3.05, 3.63) is 33.9 Å². The molecule has 108 valence electrons. The number of nitrogens with one attached hydrogen (secondary N) is 1. The summed E-state index contributed by atoms with van der Waals surface area (Å²) in [4.78, 5) is 12.7. The van der Waals surface area contributed by atoms with E-state index in [9.17, 15) is 10.1 Å². The molecule has 1 heterocycles. The summed E-state index contributed by atoms with van der Waals surface area (Å²) in [7, 11) is 0. The second-order valence-corrected chi connectivity index (χ2v) is 4.92. The zero-order valence-corrected chi connectivity index (χ0v) is 11.5. The van der Waals surface area contributed by atoms with Crippen LogP contribution in [-0.2, 0) is 0 Å². The molecule has 0 amide bonds. The van der Waals surface area contributed by atoms with Crippen LogP contribution in [0.15, 0.2) is 18.2 Å². The molecule has 1 aliphatic heterocycles. The van der Waals surface area contributed by atoms with Crippen LogP contribution in [0, 0.1) is 32.8 Å². The number of hydrogen-bond acceptors (Lipinski definition) is 6. The number of nitro groups is 1. The quantitative estimate of drug-likeness (QED) is 0.514. The molecule has 1 N–H and O–H groups in total. The molecule has 7 nitrogen and oxygen atoms in total. The minimum absolute atomic E-state index is 0.0620. The van der Waals surface area contributed by atoms with Crippen LogP contribution in [0.1, 0.15) is 18.4 Å². The van der Waals surface area contributed by atoms with E-state index in [4.69, 9.17) is 10.5 Å². The van der Waals surface area contributed by atoms with E-state index in [-0.39, 0.29) is 17.3 Å². The summed E-state index contributed by atoms with van der Waals surface area (Å²) in [5.74, 6) is 0. The number of nitriles is 2. The fourth-order valence-corrected chi connectivity index (χ4v) is 2.50. The van der Waals surface area contributed by atoms with Crippen molar-refractivity contribution in [2.24, 2.45) is 0 Å². The van der Waals surface area contributed by atoms with Crippen molar-refractivity contribution in [3.63, 3.8) is 0 Å². The lowest BCUT2D eigenvalue weighted by Crippen LogP contribution is -2.39. The molecule has 0 bridgehead atoms. The Labute approximate surface area is 122 Å². The lowest BCUT2D eigenvalue weighted by Gasteiger charge is -2.31. The van der Waals surface area contributed by atoms with Gasteiger partial charge >= 0.3 is 5.69 Å². The van der Waals surface area contributed by atoms with Gasteiger partial charge in [0, 0.05) is 19.1 Å². The Hall–Kier alpha value is -2.64. The second-order valence-electron chi connectivity index (χ2n) is 4.92. The molecule has 1 aromatic rings. The Balaban J connectivity index is 2.10. The number of hydrogen-bond donors (Lipinski definition) is 1. The standard InChI is InChI=1S/C14H15N5O2/c15-6-9-18-7-4-12(5-8-18)17-13-3-1-2-11(10-16)14(13)19(20)21/h1-3,12,17H,4-5,7-9H2. The summed E-state index contributed by atoms with van der Waals surface area (Å²) in [6.45, 7) is 1.99. The number of nitrogens with zero attached hydrogens (tertiary/aromatic N) is 4. The lowest BCUT2D eigenvalue weighted by atomic mass is 10.0. The minimum atomic E-state index is -0.522. The normalized spacial score (nSPS) is 15.9. The van der Waals surface area contributed by atoms with Crippen molar-refractivity contribution in [1.82, 2.24) is 4.90 Å². The maximum atomic E-state index is 11.2. The third-order valence-electron chi connectivity index (χ3n) is 3.58. The molecule has 1 fully saturated rings. The molecule has 0 atom stereocenters. The Kier molecular flexibility index (Phi) is 4.70. The van der Waals surface area contributed by atoms with Crippen LogP contribution in [0.25, 0.3) is 0 Å². The number of likely N-dealkylation sites (tertiary alicyclic amines) is 1. The second kappa shape index (κ2) is 6.69. The van der Waals surface area contributed by atoms with E-state index in [2.05, 4.69) is 16.3 Å². The van der Waals surface area contributed by atoms with Crippen LogP contribution >= 0.6 is 0 Å². The Morgan fingerprint density at radius 1 is 1.38 bits per heavy atom. The molecule has 0 aromatic heterocycles. The number of nitro benzene ring substituents is 1. The molecule has 0 saturated carbocycles. The average molecular weight is 285 g/mol. The van der Waals surface area contributed by atoms with Crippen molar-refractivity contribution in [1.29, 1.82) is 10.5 Å². The first-order chi connectivity index (χ1) is 10.2. The van der Waals surface area contributed by atoms with E-state index < -0.39 is 4.92 Å². The summed E-state index contributed by atoms with van der Waals surface area (Å²) in [5.41, 5.74) is 0.282. The van der Waals surface area contributed by atoms with Crippen LogP contribution in [0.5, 0.6) is 0 Å². The summed E-state index contributed by atoms with van der Waals surface area (Å²) in [6, 6.07) is 8.80. The van der Waals surface area contributed by atoms with Gasteiger partial charge in [-0.1, -0.05) is 6.07 Å². The van der Waals surface area contributed by atoms with Crippen molar-refractivity contribution in [2.45, 2.75) is 18.9 Å². The number of piperidine rings is 1. The highest BCUT2D eigenvalue weighted by Crippen LogP contribution is 2.29. The molecule has 0 aliphatic carbocycles. The highest BCUT2D eigenvalue weighted by Gasteiger charge is 2.24. The average Bonchev–Trinajstić information content (AvgIpc) is 2.49. The van der Waals surface area contributed by atoms with E-state index in [1.54, 1.807) is 12.1 Å². The molecule has 21 heavy (non-hydrogen) atoms.